The molecule has 0 radical (unpaired) electrons. The molecule has 1 N–H and O–H groups in total. The molecule has 0 fully saturated rings. The molecule has 5 heteroatoms. The van der Waals surface area contributed by atoms with Gasteiger partial charge in [-0.25, -0.2) is 0 Å². The molecule has 2 aromatic rings. The molecule has 2 amide bonds. The molecule has 2 aromatic carbocycles. The number of carbonyl (C=O) groups excluding carboxylic acids is 2. The van der Waals surface area contributed by atoms with Crippen LogP contribution in [0.5, 0.6) is 0 Å². The highest BCUT2D eigenvalue weighted by atomic mass is 32.2. The topological polar surface area (TPSA) is 49.4 Å². The predicted molar refractivity (Wildman–Crippen MR) is 97.7 cm³/mol. The average Bonchev–Trinajstić information content (AvgIpc) is 2.62. The summed E-state index contributed by atoms with van der Waals surface area (Å²) in [6.45, 7) is 3.15. The number of hydrogen-bond acceptors (Lipinski definition) is 3. The monoisotopic (exact) mass is 340 g/mol. The number of carbonyl (C=O) groups is 2. The fourth-order valence-electron chi connectivity index (χ4n) is 2.76. The van der Waals surface area contributed by atoms with E-state index >= 15 is 0 Å². The summed E-state index contributed by atoms with van der Waals surface area (Å²) in [6.07, 6.45) is 0.799. The minimum absolute atomic E-state index is 0.0941. The summed E-state index contributed by atoms with van der Waals surface area (Å²) in [5.74, 6) is 0.452. The maximum Gasteiger partial charge on any atom is 0.251 e. The number of fused-ring (bicyclic) bond motifs is 1. The van der Waals surface area contributed by atoms with Gasteiger partial charge in [0.2, 0.25) is 5.91 Å². The lowest BCUT2D eigenvalue weighted by molar-refractivity contribution is -0.116. The summed E-state index contributed by atoms with van der Waals surface area (Å²) in [4.78, 5) is 27.2. The fraction of sp³-hybridized carbons (Fsp3) is 0.263. The number of amides is 2. The molecule has 1 heterocycles. The van der Waals surface area contributed by atoms with E-state index in [2.05, 4.69) is 5.32 Å². The fourth-order valence-corrected chi connectivity index (χ4v) is 3.67. The van der Waals surface area contributed by atoms with Crippen LogP contribution in [0.4, 0.5) is 5.69 Å². The molecule has 1 aliphatic heterocycles. The number of nitrogens with zero attached hydrogens (tertiary/aromatic N) is 1. The summed E-state index contributed by atoms with van der Waals surface area (Å²) in [7, 11) is 0. The number of hydrogen-bond donors (Lipinski definition) is 1. The van der Waals surface area contributed by atoms with E-state index in [0.29, 0.717) is 24.4 Å². The second-order valence-electron chi connectivity index (χ2n) is 5.60. The molecule has 3 rings (SSSR count). The second kappa shape index (κ2) is 7.53. The summed E-state index contributed by atoms with van der Waals surface area (Å²) in [6, 6.07) is 15.6. The van der Waals surface area contributed by atoms with E-state index in [1.54, 1.807) is 4.90 Å². The van der Waals surface area contributed by atoms with Crippen molar-refractivity contribution in [3.05, 3.63) is 59.7 Å². The molecule has 0 aliphatic carbocycles. The zero-order valence-electron chi connectivity index (χ0n) is 13.6. The Morgan fingerprint density at radius 3 is 2.75 bits per heavy atom. The van der Waals surface area contributed by atoms with Crippen LogP contribution in [0.3, 0.4) is 0 Å². The van der Waals surface area contributed by atoms with Gasteiger partial charge in [0.05, 0.1) is 11.4 Å². The molecule has 24 heavy (non-hydrogen) atoms. The van der Waals surface area contributed by atoms with Crippen LogP contribution in [0, 0.1) is 0 Å². The Labute approximate surface area is 146 Å². The van der Waals surface area contributed by atoms with E-state index in [-0.39, 0.29) is 11.8 Å². The maximum atomic E-state index is 12.4. The van der Waals surface area contributed by atoms with Crippen LogP contribution in [0.2, 0.25) is 0 Å². The molecule has 0 saturated heterocycles. The van der Waals surface area contributed by atoms with Crippen LogP contribution in [0.25, 0.3) is 0 Å². The van der Waals surface area contributed by atoms with Crippen molar-refractivity contribution >= 4 is 29.3 Å². The van der Waals surface area contributed by atoms with E-state index in [0.717, 1.165) is 17.0 Å². The Hall–Kier alpha value is -2.27. The van der Waals surface area contributed by atoms with Gasteiger partial charge in [-0.3, -0.25) is 9.59 Å². The quantitative estimate of drug-likeness (QED) is 0.910. The number of nitrogens with one attached hydrogen (secondary N) is 1. The Balaban J connectivity index is 1.67. The van der Waals surface area contributed by atoms with Gasteiger partial charge in [0.15, 0.2) is 0 Å². The molecule has 4 nitrogen and oxygen atoms in total. The molecule has 0 saturated carbocycles. The van der Waals surface area contributed by atoms with Crippen molar-refractivity contribution in [3.8, 4) is 0 Å². The van der Waals surface area contributed by atoms with Gasteiger partial charge in [-0.05, 0) is 37.1 Å². The molecule has 0 atom stereocenters. The minimum atomic E-state index is -0.104. The van der Waals surface area contributed by atoms with E-state index in [1.807, 2.05) is 55.5 Å². The Bertz CT molecular complexity index is 746. The highest BCUT2D eigenvalue weighted by molar-refractivity contribution is 8.00. The molecule has 0 bridgehead atoms. The predicted octanol–water partition coefficient (Wildman–Crippen LogP) is 3.12. The van der Waals surface area contributed by atoms with Crippen LogP contribution < -0.4 is 10.2 Å². The third kappa shape index (κ3) is 3.62. The van der Waals surface area contributed by atoms with Gasteiger partial charge >= 0.3 is 0 Å². The number of thioether (sulfide) groups is 1. The lowest BCUT2D eigenvalue weighted by atomic mass is 10.1. The summed E-state index contributed by atoms with van der Waals surface area (Å²) < 4.78 is 0. The molecule has 0 unspecified atom stereocenters. The highest BCUT2D eigenvalue weighted by Crippen LogP contribution is 2.35. The first-order valence-electron chi connectivity index (χ1n) is 8.08. The van der Waals surface area contributed by atoms with Crippen LogP contribution >= 0.6 is 11.8 Å². The Morgan fingerprint density at radius 1 is 1.21 bits per heavy atom. The van der Waals surface area contributed by atoms with E-state index in [1.165, 1.54) is 17.3 Å². The van der Waals surface area contributed by atoms with Gasteiger partial charge < -0.3 is 10.2 Å². The van der Waals surface area contributed by atoms with Crippen molar-refractivity contribution in [2.24, 2.45) is 0 Å². The van der Waals surface area contributed by atoms with Gasteiger partial charge in [0.25, 0.3) is 5.91 Å². The van der Waals surface area contributed by atoms with Crippen LogP contribution in [0.1, 0.15) is 22.8 Å². The number of benzene rings is 2. The smallest absolute Gasteiger partial charge is 0.251 e. The largest absolute Gasteiger partial charge is 0.352 e. The minimum Gasteiger partial charge on any atom is -0.352 e. The van der Waals surface area contributed by atoms with Crippen molar-refractivity contribution in [3.63, 3.8) is 0 Å². The Morgan fingerprint density at radius 2 is 2.00 bits per heavy atom. The number of rotatable bonds is 5. The van der Waals surface area contributed by atoms with Gasteiger partial charge in [0, 0.05) is 23.5 Å². The summed E-state index contributed by atoms with van der Waals surface area (Å²) >= 11 is 1.53. The maximum absolute atomic E-state index is 12.4. The molecule has 0 spiro atoms. The van der Waals surface area contributed by atoms with Crippen molar-refractivity contribution in [1.29, 1.82) is 0 Å². The van der Waals surface area contributed by atoms with Gasteiger partial charge in [-0.1, -0.05) is 30.3 Å². The zero-order chi connectivity index (χ0) is 16.9. The highest BCUT2D eigenvalue weighted by Gasteiger charge is 2.24. The van der Waals surface area contributed by atoms with Gasteiger partial charge in [-0.2, -0.15) is 0 Å². The van der Waals surface area contributed by atoms with E-state index < -0.39 is 0 Å². The SMILES string of the molecule is CCN1C(=O)CSc2ccc(C(=O)NCCc3ccccc3)cc21. The summed E-state index contributed by atoms with van der Waals surface area (Å²) in [5.41, 5.74) is 2.63. The lowest BCUT2D eigenvalue weighted by Gasteiger charge is -2.28. The van der Waals surface area contributed by atoms with Gasteiger partial charge in [-0.15, -0.1) is 11.8 Å². The van der Waals surface area contributed by atoms with E-state index in [9.17, 15) is 9.59 Å². The number of anilines is 1. The molecule has 0 aromatic heterocycles. The van der Waals surface area contributed by atoms with Crippen molar-refractivity contribution < 1.29 is 9.59 Å². The summed E-state index contributed by atoms with van der Waals surface area (Å²) in [5, 5.41) is 2.95. The molecule has 1 aliphatic rings. The molecule has 124 valence electrons. The normalized spacial score (nSPS) is 13.5. The molecular formula is C19H20N2O2S. The van der Waals surface area contributed by atoms with Crippen LogP contribution in [-0.2, 0) is 11.2 Å². The third-order valence-electron chi connectivity index (χ3n) is 4.02. The lowest BCUT2D eigenvalue weighted by Crippen LogP contribution is -2.35. The first-order chi connectivity index (χ1) is 11.7. The van der Waals surface area contributed by atoms with Crippen molar-refractivity contribution in [2.45, 2.75) is 18.2 Å². The van der Waals surface area contributed by atoms with E-state index in [4.69, 9.17) is 0 Å². The standard InChI is InChI=1S/C19H20N2O2S/c1-2-21-16-12-15(8-9-17(16)24-13-18(21)22)19(23)20-11-10-14-6-4-3-5-7-14/h3-9,12H,2,10-11,13H2,1H3,(H,20,23). The van der Waals surface area contributed by atoms with Crippen LogP contribution in [-0.4, -0.2) is 30.7 Å². The zero-order valence-corrected chi connectivity index (χ0v) is 14.4. The van der Waals surface area contributed by atoms with Crippen molar-refractivity contribution in [2.75, 3.05) is 23.7 Å². The van der Waals surface area contributed by atoms with Crippen LogP contribution in [0.15, 0.2) is 53.4 Å². The van der Waals surface area contributed by atoms with Crippen molar-refractivity contribution in [1.82, 2.24) is 5.32 Å². The Kier molecular flexibility index (Phi) is 5.20. The van der Waals surface area contributed by atoms with Gasteiger partial charge in [0.1, 0.15) is 0 Å². The first kappa shape index (κ1) is 16.6. The average molecular weight is 340 g/mol. The third-order valence-corrected chi connectivity index (χ3v) is 5.07. The second-order valence-corrected chi connectivity index (χ2v) is 6.62. The first-order valence-corrected chi connectivity index (χ1v) is 9.07. The molecular weight excluding hydrogens is 320 g/mol.